The summed E-state index contributed by atoms with van der Waals surface area (Å²) >= 11 is 0. The van der Waals surface area contributed by atoms with Crippen molar-refractivity contribution in [2.45, 2.75) is 4.90 Å². The maximum atomic E-state index is 12.8. The summed E-state index contributed by atoms with van der Waals surface area (Å²) in [6.07, 6.45) is 0. The normalized spacial score (nSPS) is 11.3. The highest BCUT2D eigenvalue weighted by molar-refractivity contribution is 7.89. The Balaban J connectivity index is 2.36. The number of halogens is 1. The Morgan fingerprint density at radius 3 is 2.40 bits per heavy atom. The summed E-state index contributed by atoms with van der Waals surface area (Å²) in [7, 11) is -2.27. The quantitative estimate of drug-likeness (QED) is 0.847. The highest BCUT2D eigenvalue weighted by Gasteiger charge is 2.14. The number of ether oxygens (including phenoxy) is 1. The topological polar surface area (TPSA) is 81.4 Å². The van der Waals surface area contributed by atoms with Crippen LogP contribution in [0.4, 0.5) is 10.1 Å². The number of nitrogen functional groups attached to an aromatic ring is 1. The van der Waals surface area contributed by atoms with E-state index in [1.165, 1.54) is 49.5 Å². The minimum absolute atomic E-state index is 0.0336. The van der Waals surface area contributed by atoms with E-state index in [1.54, 1.807) is 0 Å². The number of hydrogen-bond donors (Lipinski definition) is 2. The molecule has 2 aromatic carbocycles. The molecule has 2 rings (SSSR count). The van der Waals surface area contributed by atoms with Crippen LogP contribution >= 0.6 is 0 Å². The molecule has 5 nitrogen and oxygen atoms in total. The molecule has 0 amide bonds. The molecule has 0 saturated heterocycles. The predicted molar refractivity (Wildman–Crippen MR) is 73.6 cm³/mol. The van der Waals surface area contributed by atoms with Crippen LogP contribution in [0.5, 0.6) is 11.5 Å². The number of nitrogens with one attached hydrogen (secondary N) is 1. The second-order valence-electron chi connectivity index (χ2n) is 3.96. The third kappa shape index (κ3) is 3.06. The van der Waals surface area contributed by atoms with Crippen LogP contribution in [-0.4, -0.2) is 15.5 Å². The van der Waals surface area contributed by atoms with Crippen LogP contribution in [-0.2, 0) is 10.0 Å². The van der Waals surface area contributed by atoms with Gasteiger partial charge in [0.15, 0.2) is 5.75 Å². The molecule has 0 aliphatic carbocycles. The second kappa shape index (κ2) is 5.48. The van der Waals surface area contributed by atoms with E-state index >= 15 is 0 Å². The van der Waals surface area contributed by atoms with Crippen molar-refractivity contribution in [3.05, 3.63) is 48.3 Å². The summed E-state index contributed by atoms with van der Waals surface area (Å²) in [6.45, 7) is 0. The molecule has 0 aromatic heterocycles. The van der Waals surface area contributed by atoms with Gasteiger partial charge < -0.3 is 10.5 Å². The molecular weight excluding hydrogens is 283 g/mol. The SMILES string of the molecule is CNS(=O)(=O)c1ccc(N)c(Oc2ccc(F)cc2)c1. The highest BCUT2D eigenvalue weighted by Crippen LogP contribution is 2.29. The highest BCUT2D eigenvalue weighted by atomic mass is 32.2. The van der Waals surface area contributed by atoms with Crippen molar-refractivity contribution in [3.63, 3.8) is 0 Å². The molecule has 0 radical (unpaired) electrons. The second-order valence-corrected chi connectivity index (χ2v) is 5.85. The molecule has 3 N–H and O–H groups in total. The summed E-state index contributed by atoms with van der Waals surface area (Å²) in [4.78, 5) is 0.0336. The van der Waals surface area contributed by atoms with Gasteiger partial charge >= 0.3 is 0 Å². The first kappa shape index (κ1) is 14.3. The molecule has 0 aliphatic heterocycles. The molecule has 0 spiro atoms. The van der Waals surface area contributed by atoms with E-state index in [0.717, 1.165) is 0 Å². The Morgan fingerprint density at radius 1 is 1.15 bits per heavy atom. The van der Waals surface area contributed by atoms with Crippen LogP contribution in [0.25, 0.3) is 0 Å². The van der Waals surface area contributed by atoms with Gasteiger partial charge in [-0.25, -0.2) is 17.5 Å². The standard InChI is InChI=1S/C13H13FN2O3S/c1-16-20(17,18)11-6-7-12(15)13(8-11)19-10-4-2-9(14)3-5-10/h2-8,16H,15H2,1H3. The van der Waals surface area contributed by atoms with Gasteiger partial charge in [0.2, 0.25) is 10.0 Å². The van der Waals surface area contributed by atoms with Crippen LogP contribution in [0.1, 0.15) is 0 Å². The van der Waals surface area contributed by atoms with Crippen molar-refractivity contribution in [3.8, 4) is 11.5 Å². The number of rotatable bonds is 4. The van der Waals surface area contributed by atoms with Crippen molar-refractivity contribution < 1.29 is 17.5 Å². The van der Waals surface area contributed by atoms with Gasteiger partial charge in [0.05, 0.1) is 10.6 Å². The lowest BCUT2D eigenvalue weighted by Crippen LogP contribution is -2.18. The van der Waals surface area contributed by atoms with Gasteiger partial charge in [-0.1, -0.05) is 0 Å². The molecule has 7 heteroatoms. The summed E-state index contributed by atoms with van der Waals surface area (Å²) in [5, 5.41) is 0. The third-order valence-electron chi connectivity index (χ3n) is 2.61. The summed E-state index contributed by atoms with van der Waals surface area (Å²) in [5.41, 5.74) is 6.02. The van der Waals surface area contributed by atoms with Crippen LogP contribution < -0.4 is 15.2 Å². The van der Waals surface area contributed by atoms with Gasteiger partial charge in [-0.15, -0.1) is 0 Å². The number of benzene rings is 2. The minimum atomic E-state index is -3.58. The molecule has 0 heterocycles. The Hall–Kier alpha value is -2.12. The number of anilines is 1. The lowest BCUT2D eigenvalue weighted by molar-refractivity contribution is 0.481. The van der Waals surface area contributed by atoms with Crippen molar-refractivity contribution in [1.29, 1.82) is 0 Å². The van der Waals surface area contributed by atoms with E-state index in [4.69, 9.17) is 10.5 Å². The number of nitrogens with two attached hydrogens (primary N) is 1. The van der Waals surface area contributed by atoms with Crippen molar-refractivity contribution in [2.75, 3.05) is 12.8 Å². The first-order chi connectivity index (χ1) is 9.42. The predicted octanol–water partition coefficient (Wildman–Crippen LogP) is 2.11. The number of sulfonamides is 1. The van der Waals surface area contributed by atoms with Gasteiger partial charge in [-0.05, 0) is 43.4 Å². The minimum Gasteiger partial charge on any atom is -0.455 e. The smallest absolute Gasteiger partial charge is 0.240 e. The monoisotopic (exact) mass is 296 g/mol. The van der Waals surface area contributed by atoms with Crippen molar-refractivity contribution in [2.24, 2.45) is 0 Å². The lowest BCUT2D eigenvalue weighted by atomic mass is 10.3. The molecule has 0 atom stereocenters. The average Bonchev–Trinajstić information content (AvgIpc) is 2.43. The van der Waals surface area contributed by atoms with E-state index < -0.39 is 15.8 Å². The fourth-order valence-electron chi connectivity index (χ4n) is 1.52. The van der Waals surface area contributed by atoms with Gasteiger partial charge in [0.25, 0.3) is 0 Å². The zero-order chi connectivity index (χ0) is 14.8. The van der Waals surface area contributed by atoms with Crippen LogP contribution in [0.2, 0.25) is 0 Å². The van der Waals surface area contributed by atoms with Gasteiger partial charge in [-0.2, -0.15) is 0 Å². The van der Waals surface area contributed by atoms with E-state index in [0.29, 0.717) is 5.75 Å². The Labute approximate surface area is 116 Å². The summed E-state index contributed by atoms with van der Waals surface area (Å²) in [6, 6.07) is 9.44. The van der Waals surface area contributed by atoms with Gasteiger partial charge in [-0.3, -0.25) is 0 Å². The van der Waals surface area contributed by atoms with Gasteiger partial charge in [0, 0.05) is 6.07 Å². The van der Waals surface area contributed by atoms with Gasteiger partial charge in [0.1, 0.15) is 11.6 Å². The van der Waals surface area contributed by atoms with E-state index in [-0.39, 0.29) is 16.3 Å². The van der Waals surface area contributed by atoms with Crippen LogP contribution in [0.3, 0.4) is 0 Å². The fraction of sp³-hybridized carbons (Fsp3) is 0.0769. The molecular formula is C13H13FN2O3S. The molecule has 2 aromatic rings. The zero-order valence-corrected chi connectivity index (χ0v) is 11.4. The summed E-state index contributed by atoms with van der Waals surface area (Å²) in [5.74, 6) is 0.155. The van der Waals surface area contributed by atoms with E-state index in [2.05, 4.69) is 4.72 Å². The maximum absolute atomic E-state index is 12.8. The molecule has 0 aliphatic rings. The van der Waals surface area contributed by atoms with E-state index in [1.807, 2.05) is 0 Å². The van der Waals surface area contributed by atoms with E-state index in [9.17, 15) is 12.8 Å². The molecule has 0 fully saturated rings. The molecule has 20 heavy (non-hydrogen) atoms. The average molecular weight is 296 g/mol. The Kier molecular flexibility index (Phi) is 3.91. The first-order valence-electron chi connectivity index (χ1n) is 5.69. The lowest BCUT2D eigenvalue weighted by Gasteiger charge is -2.10. The molecule has 0 saturated carbocycles. The third-order valence-corrected chi connectivity index (χ3v) is 4.02. The molecule has 0 bridgehead atoms. The van der Waals surface area contributed by atoms with Crippen molar-refractivity contribution >= 4 is 15.7 Å². The largest absolute Gasteiger partial charge is 0.455 e. The summed E-state index contributed by atoms with van der Waals surface area (Å²) < 4.78 is 43.9. The number of hydrogen-bond acceptors (Lipinski definition) is 4. The first-order valence-corrected chi connectivity index (χ1v) is 7.17. The fourth-order valence-corrected chi connectivity index (χ4v) is 2.26. The van der Waals surface area contributed by atoms with Crippen molar-refractivity contribution in [1.82, 2.24) is 4.72 Å². The zero-order valence-electron chi connectivity index (χ0n) is 10.6. The van der Waals surface area contributed by atoms with Crippen LogP contribution in [0.15, 0.2) is 47.4 Å². The van der Waals surface area contributed by atoms with Crippen LogP contribution in [0, 0.1) is 5.82 Å². The molecule has 0 unspecified atom stereocenters. The Bertz CT molecular complexity index is 715. The Morgan fingerprint density at radius 2 is 1.80 bits per heavy atom. The molecule has 106 valence electrons. The maximum Gasteiger partial charge on any atom is 0.240 e.